The van der Waals surface area contributed by atoms with Crippen molar-refractivity contribution in [3.63, 3.8) is 0 Å². The van der Waals surface area contributed by atoms with Crippen LogP contribution in [0, 0.1) is 0 Å². The van der Waals surface area contributed by atoms with Gasteiger partial charge in [-0.3, -0.25) is 4.72 Å². The van der Waals surface area contributed by atoms with Crippen molar-refractivity contribution in [3.8, 4) is 0 Å². The van der Waals surface area contributed by atoms with Gasteiger partial charge in [0.2, 0.25) is 0 Å². The molecule has 1 heterocycles. The molecule has 0 amide bonds. The molecule has 0 saturated heterocycles. The SMILES string of the molecule is O=S(=O)(Nc1cccc(Cl)c1Cl)c1ccc2c(c1)CNCC2. The number of hydrogen-bond donors (Lipinski definition) is 2. The molecule has 0 bridgehead atoms. The summed E-state index contributed by atoms with van der Waals surface area (Å²) >= 11 is 11.9. The number of sulfonamides is 1. The first kappa shape index (κ1) is 15.6. The van der Waals surface area contributed by atoms with Crippen LogP contribution in [0.3, 0.4) is 0 Å². The molecule has 2 aromatic carbocycles. The van der Waals surface area contributed by atoms with Gasteiger partial charge in [-0.1, -0.05) is 35.3 Å². The lowest BCUT2D eigenvalue weighted by Gasteiger charge is -2.18. The van der Waals surface area contributed by atoms with Crippen LogP contribution < -0.4 is 10.0 Å². The molecule has 4 nitrogen and oxygen atoms in total. The van der Waals surface area contributed by atoms with Gasteiger partial charge < -0.3 is 5.32 Å². The highest BCUT2D eigenvalue weighted by molar-refractivity contribution is 7.92. The topological polar surface area (TPSA) is 58.2 Å². The van der Waals surface area contributed by atoms with E-state index in [1.54, 1.807) is 30.3 Å². The molecule has 0 atom stereocenters. The molecule has 0 saturated carbocycles. The second-order valence-corrected chi connectivity index (χ2v) is 7.53. The normalized spacial score (nSPS) is 14.5. The monoisotopic (exact) mass is 356 g/mol. The Balaban J connectivity index is 1.94. The van der Waals surface area contributed by atoms with Crippen LogP contribution in [0.15, 0.2) is 41.3 Å². The van der Waals surface area contributed by atoms with Gasteiger partial charge in [-0.25, -0.2) is 8.42 Å². The number of benzene rings is 2. The van der Waals surface area contributed by atoms with Gasteiger partial charge in [-0.15, -0.1) is 0 Å². The first-order chi connectivity index (χ1) is 10.5. The largest absolute Gasteiger partial charge is 0.312 e. The summed E-state index contributed by atoms with van der Waals surface area (Å²) in [6.45, 7) is 1.59. The minimum Gasteiger partial charge on any atom is -0.312 e. The standard InChI is InChI=1S/C15H14Cl2N2O2S/c16-13-2-1-3-14(15(13)17)19-22(20,21)12-5-4-10-6-7-18-9-11(10)8-12/h1-5,8,18-19H,6-7,9H2. The van der Waals surface area contributed by atoms with E-state index in [1.807, 2.05) is 6.07 Å². The first-order valence-electron chi connectivity index (χ1n) is 6.77. The third kappa shape index (κ3) is 3.08. The van der Waals surface area contributed by atoms with Gasteiger partial charge in [-0.05, 0) is 48.4 Å². The lowest BCUT2D eigenvalue weighted by Crippen LogP contribution is -2.24. The Labute approximate surface area is 139 Å². The molecule has 22 heavy (non-hydrogen) atoms. The van der Waals surface area contributed by atoms with Gasteiger partial charge in [0.15, 0.2) is 0 Å². The van der Waals surface area contributed by atoms with Crippen LogP contribution in [-0.4, -0.2) is 15.0 Å². The van der Waals surface area contributed by atoms with E-state index in [-0.39, 0.29) is 15.6 Å². The minimum absolute atomic E-state index is 0.187. The molecule has 116 valence electrons. The van der Waals surface area contributed by atoms with Crippen molar-refractivity contribution in [1.29, 1.82) is 0 Å². The zero-order valence-electron chi connectivity index (χ0n) is 11.6. The lowest BCUT2D eigenvalue weighted by atomic mass is 10.0. The first-order valence-corrected chi connectivity index (χ1v) is 9.00. The van der Waals surface area contributed by atoms with Gasteiger partial charge in [0.1, 0.15) is 0 Å². The summed E-state index contributed by atoms with van der Waals surface area (Å²) in [7, 11) is -3.71. The number of fused-ring (bicyclic) bond motifs is 1. The fourth-order valence-corrected chi connectivity index (χ4v) is 3.94. The van der Waals surface area contributed by atoms with Crippen LogP contribution >= 0.6 is 23.2 Å². The van der Waals surface area contributed by atoms with E-state index in [9.17, 15) is 8.42 Å². The van der Waals surface area contributed by atoms with Gasteiger partial charge in [0.25, 0.3) is 10.0 Å². The molecule has 0 aromatic heterocycles. The molecule has 7 heteroatoms. The maximum absolute atomic E-state index is 12.5. The second-order valence-electron chi connectivity index (χ2n) is 5.06. The van der Waals surface area contributed by atoms with Gasteiger partial charge >= 0.3 is 0 Å². The summed E-state index contributed by atoms with van der Waals surface area (Å²) in [5.74, 6) is 0. The van der Waals surface area contributed by atoms with Crippen LogP contribution in [0.5, 0.6) is 0 Å². The van der Waals surface area contributed by atoms with Crippen molar-refractivity contribution in [2.24, 2.45) is 0 Å². The average molecular weight is 357 g/mol. The predicted molar refractivity (Wildman–Crippen MR) is 89.1 cm³/mol. The Morgan fingerprint density at radius 1 is 1.09 bits per heavy atom. The number of halogens is 2. The molecule has 0 spiro atoms. The Morgan fingerprint density at radius 2 is 1.91 bits per heavy atom. The molecule has 0 radical (unpaired) electrons. The number of anilines is 1. The Bertz CT molecular complexity index is 822. The Kier molecular flexibility index (Phi) is 4.32. The summed E-state index contributed by atoms with van der Waals surface area (Å²) in [4.78, 5) is 0.214. The fourth-order valence-electron chi connectivity index (χ4n) is 2.41. The molecule has 2 aromatic rings. The maximum atomic E-state index is 12.5. The van der Waals surface area contributed by atoms with Gasteiger partial charge in [0, 0.05) is 6.54 Å². The summed E-state index contributed by atoms with van der Waals surface area (Å²) in [6, 6.07) is 10.00. The summed E-state index contributed by atoms with van der Waals surface area (Å²) in [6.07, 6.45) is 0.906. The van der Waals surface area contributed by atoms with E-state index in [0.29, 0.717) is 11.6 Å². The van der Waals surface area contributed by atoms with E-state index >= 15 is 0 Å². The molecule has 0 aliphatic carbocycles. The van der Waals surface area contributed by atoms with Crippen LogP contribution in [0.2, 0.25) is 10.0 Å². The summed E-state index contributed by atoms with van der Waals surface area (Å²) in [5, 5.41) is 3.72. The molecular weight excluding hydrogens is 343 g/mol. The zero-order valence-corrected chi connectivity index (χ0v) is 13.9. The van der Waals surface area contributed by atoms with Gasteiger partial charge in [0.05, 0.1) is 20.6 Å². The highest BCUT2D eigenvalue weighted by Gasteiger charge is 2.19. The van der Waals surface area contributed by atoms with E-state index in [2.05, 4.69) is 10.0 Å². The zero-order chi connectivity index (χ0) is 15.7. The van der Waals surface area contributed by atoms with E-state index < -0.39 is 10.0 Å². The summed E-state index contributed by atoms with van der Waals surface area (Å²) < 4.78 is 27.5. The van der Waals surface area contributed by atoms with E-state index in [1.165, 1.54) is 5.56 Å². The van der Waals surface area contributed by atoms with Crippen molar-refractivity contribution in [1.82, 2.24) is 5.32 Å². The smallest absolute Gasteiger partial charge is 0.261 e. The van der Waals surface area contributed by atoms with Crippen LogP contribution in [0.25, 0.3) is 0 Å². The second kappa shape index (κ2) is 6.08. The fraction of sp³-hybridized carbons (Fsp3) is 0.200. The quantitative estimate of drug-likeness (QED) is 0.885. The van der Waals surface area contributed by atoms with Crippen molar-refractivity contribution < 1.29 is 8.42 Å². The van der Waals surface area contributed by atoms with Crippen molar-refractivity contribution in [2.75, 3.05) is 11.3 Å². The highest BCUT2D eigenvalue weighted by atomic mass is 35.5. The van der Waals surface area contributed by atoms with Crippen LogP contribution in [-0.2, 0) is 23.0 Å². The van der Waals surface area contributed by atoms with E-state index in [4.69, 9.17) is 23.2 Å². The molecule has 1 aliphatic rings. The molecule has 0 unspecified atom stereocenters. The number of hydrogen-bond acceptors (Lipinski definition) is 3. The van der Waals surface area contributed by atoms with Crippen LogP contribution in [0.4, 0.5) is 5.69 Å². The number of rotatable bonds is 3. The Hall–Kier alpha value is -1.27. The maximum Gasteiger partial charge on any atom is 0.261 e. The van der Waals surface area contributed by atoms with E-state index in [0.717, 1.165) is 18.5 Å². The molecular formula is C15H14Cl2N2O2S. The molecule has 1 aliphatic heterocycles. The van der Waals surface area contributed by atoms with Crippen molar-refractivity contribution in [3.05, 3.63) is 57.6 Å². The third-order valence-corrected chi connectivity index (χ3v) is 5.75. The predicted octanol–water partition coefficient (Wildman–Crippen LogP) is 3.44. The highest BCUT2D eigenvalue weighted by Crippen LogP contribution is 2.31. The average Bonchev–Trinajstić information content (AvgIpc) is 2.51. The van der Waals surface area contributed by atoms with Crippen molar-refractivity contribution >= 4 is 38.9 Å². The minimum atomic E-state index is -3.71. The number of nitrogens with one attached hydrogen (secondary N) is 2. The van der Waals surface area contributed by atoms with Crippen molar-refractivity contribution in [2.45, 2.75) is 17.9 Å². The van der Waals surface area contributed by atoms with Gasteiger partial charge in [-0.2, -0.15) is 0 Å². The molecule has 3 rings (SSSR count). The third-order valence-electron chi connectivity index (χ3n) is 3.57. The lowest BCUT2D eigenvalue weighted by molar-refractivity contribution is 0.599. The molecule has 0 fully saturated rings. The Morgan fingerprint density at radius 3 is 2.73 bits per heavy atom. The van der Waals surface area contributed by atoms with Crippen LogP contribution in [0.1, 0.15) is 11.1 Å². The summed E-state index contributed by atoms with van der Waals surface area (Å²) in [5.41, 5.74) is 2.45. The molecule has 2 N–H and O–H groups in total.